The molecule has 132 valence electrons. The number of rotatable bonds is 6. The number of thiophene rings is 1. The van der Waals surface area contributed by atoms with Crippen molar-refractivity contribution in [1.82, 2.24) is 9.97 Å². The van der Waals surface area contributed by atoms with Crippen LogP contribution < -0.4 is 0 Å². The van der Waals surface area contributed by atoms with Crippen molar-refractivity contribution in [2.75, 3.05) is 11.5 Å². The van der Waals surface area contributed by atoms with Crippen LogP contribution in [0.2, 0.25) is 0 Å². The minimum atomic E-state index is -3.21. The van der Waals surface area contributed by atoms with Crippen molar-refractivity contribution < 1.29 is 8.42 Å². The molecule has 0 aliphatic rings. The smallest absolute Gasteiger partial charge is 0.178 e. The highest BCUT2D eigenvalue weighted by Gasteiger charge is 2.16. The number of thioether (sulfide) groups is 1. The molecule has 0 bridgehead atoms. The predicted octanol–water partition coefficient (Wildman–Crippen LogP) is 4.57. The molecule has 0 fully saturated rings. The van der Waals surface area contributed by atoms with Gasteiger partial charge in [-0.25, -0.2) is 18.4 Å². The lowest BCUT2D eigenvalue weighted by Gasteiger charge is -2.06. The Morgan fingerprint density at radius 1 is 1.08 bits per heavy atom. The first kappa shape index (κ1) is 18.4. The summed E-state index contributed by atoms with van der Waals surface area (Å²) in [7, 11) is -3.21. The molecule has 0 N–H and O–H groups in total. The van der Waals surface area contributed by atoms with Crippen molar-refractivity contribution in [3.8, 4) is 0 Å². The lowest BCUT2D eigenvalue weighted by Crippen LogP contribution is -2.07. The molecule has 0 aliphatic heterocycles. The zero-order valence-corrected chi connectivity index (χ0v) is 16.9. The first-order chi connectivity index (χ1) is 11.9. The van der Waals surface area contributed by atoms with Gasteiger partial charge in [-0.2, -0.15) is 0 Å². The maximum absolute atomic E-state index is 12.3. The van der Waals surface area contributed by atoms with Crippen LogP contribution >= 0.6 is 23.1 Å². The molecule has 3 aromatic rings. The second kappa shape index (κ2) is 7.43. The number of sulfone groups is 1. The minimum Gasteiger partial charge on any atom is -0.226 e. The number of hydrogen-bond donors (Lipinski definition) is 0. The monoisotopic (exact) mass is 392 g/mol. The summed E-state index contributed by atoms with van der Waals surface area (Å²) in [6, 6.07) is 8.63. The van der Waals surface area contributed by atoms with Gasteiger partial charge in [0.1, 0.15) is 15.7 Å². The first-order valence-electron chi connectivity index (χ1n) is 8.03. The van der Waals surface area contributed by atoms with Gasteiger partial charge in [0.2, 0.25) is 0 Å². The Balaban J connectivity index is 1.70. The summed E-state index contributed by atoms with van der Waals surface area (Å²) in [5.74, 6) is 1.62. The predicted molar refractivity (Wildman–Crippen MR) is 105 cm³/mol. The fourth-order valence-corrected chi connectivity index (χ4v) is 6.31. The Morgan fingerprint density at radius 3 is 2.52 bits per heavy atom. The van der Waals surface area contributed by atoms with Crippen LogP contribution in [0.15, 0.2) is 40.3 Å². The molecule has 0 unspecified atom stereocenters. The van der Waals surface area contributed by atoms with Crippen molar-refractivity contribution >= 4 is 43.2 Å². The molecule has 1 aromatic carbocycles. The quantitative estimate of drug-likeness (QED) is 0.349. The standard InChI is InChI=1S/C18H20N2O2S3/c1-12-13(2)24-18-16(12)17(19-14(3)20-18)23-10-7-11-25(21,22)15-8-5-4-6-9-15/h4-6,8-9H,7,10-11H2,1-3H3. The van der Waals surface area contributed by atoms with Crippen LogP contribution in [0, 0.1) is 20.8 Å². The second-order valence-electron chi connectivity index (χ2n) is 5.87. The van der Waals surface area contributed by atoms with E-state index in [1.165, 1.54) is 10.4 Å². The Bertz CT molecular complexity index is 996. The van der Waals surface area contributed by atoms with Crippen molar-refractivity contribution in [1.29, 1.82) is 0 Å². The maximum atomic E-state index is 12.3. The van der Waals surface area contributed by atoms with Crippen LogP contribution in [0.4, 0.5) is 0 Å². The van der Waals surface area contributed by atoms with Gasteiger partial charge >= 0.3 is 0 Å². The van der Waals surface area contributed by atoms with Crippen LogP contribution in [-0.4, -0.2) is 29.9 Å². The molecule has 2 heterocycles. The van der Waals surface area contributed by atoms with Crippen molar-refractivity contribution in [2.24, 2.45) is 0 Å². The molecule has 0 radical (unpaired) electrons. The number of aromatic nitrogens is 2. The summed E-state index contributed by atoms with van der Waals surface area (Å²) < 4.78 is 24.7. The van der Waals surface area contributed by atoms with Crippen molar-refractivity contribution in [3.05, 3.63) is 46.6 Å². The highest BCUT2D eigenvalue weighted by atomic mass is 32.2. The van der Waals surface area contributed by atoms with Gasteiger partial charge in [-0.1, -0.05) is 18.2 Å². The van der Waals surface area contributed by atoms with Gasteiger partial charge in [-0.3, -0.25) is 0 Å². The zero-order valence-electron chi connectivity index (χ0n) is 14.4. The number of benzene rings is 1. The van der Waals surface area contributed by atoms with Gasteiger partial charge in [0, 0.05) is 16.0 Å². The molecule has 0 amide bonds. The molecule has 0 saturated carbocycles. The van der Waals surface area contributed by atoms with Crippen molar-refractivity contribution in [2.45, 2.75) is 37.1 Å². The number of aryl methyl sites for hydroxylation is 3. The molecule has 4 nitrogen and oxygen atoms in total. The average molecular weight is 393 g/mol. The number of fused-ring (bicyclic) bond motifs is 1. The lowest BCUT2D eigenvalue weighted by atomic mass is 10.2. The summed E-state index contributed by atoms with van der Waals surface area (Å²) in [4.78, 5) is 11.8. The van der Waals surface area contributed by atoms with E-state index in [0.29, 0.717) is 17.1 Å². The van der Waals surface area contributed by atoms with Gasteiger partial charge in [0.15, 0.2) is 9.84 Å². The second-order valence-corrected chi connectivity index (χ2v) is 10.3. The van der Waals surface area contributed by atoms with E-state index in [-0.39, 0.29) is 5.75 Å². The SMILES string of the molecule is Cc1nc(SCCCS(=O)(=O)c2ccccc2)c2c(C)c(C)sc2n1. The molecule has 0 saturated heterocycles. The first-order valence-corrected chi connectivity index (χ1v) is 11.5. The van der Waals surface area contributed by atoms with E-state index in [1.807, 2.05) is 13.0 Å². The third-order valence-corrected chi connectivity index (χ3v) is 7.99. The molecule has 0 atom stereocenters. The summed E-state index contributed by atoms with van der Waals surface area (Å²) in [6.07, 6.45) is 0.592. The molecule has 0 aliphatic carbocycles. The van der Waals surface area contributed by atoms with Crippen LogP contribution in [-0.2, 0) is 9.84 Å². The Kier molecular flexibility index (Phi) is 5.46. The number of hydrogen-bond acceptors (Lipinski definition) is 6. The van der Waals surface area contributed by atoms with E-state index < -0.39 is 9.84 Å². The third kappa shape index (κ3) is 4.04. The molecular weight excluding hydrogens is 372 g/mol. The fraction of sp³-hybridized carbons (Fsp3) is 0.333. The van der Waals surface area contributed by atoms with Gasteiger partial charge in [0.25, 0.3) is 0 Å². The van der Waals surface area contributed by atoms with Gasteiger partial charge < -0.3 is 0 Å². The molecule has 7 heteroatoms. The molecule has 3 rings (SSSR count). The summed E-state index contributed by atoms with van der Waals surface area (Å²) >= 11 is 3.31. The number of nitrogens with zero attached hydrogens (tertiary/aromatic N) is 2. The van der Waals surface area contributed by atoms with E-state index >= 15 is 0 Å². The van der Waals surface area contributed by atoms with E-state index in [2.05, 4.69) is 23.8 Å². The van der Waals surface area contributed by atoms with Gasteiger partial charge in [0.05, 0.1) is 10.6 Å². The average Bonchev–Trinajstić information content (AvgIpc) is 2.86. The topological polar surface area (TPSA) is 59.9 Å². The Labute approximate surface area is 156 Å². The lowest BCUT2D eigenvalue weighted by molar-refractivity contribution is 0.595. The van der Waals surface area contributed by atoms with Crippen LogP contribution in [0.25, 0.3) is 10.2 Å². The maximum Gasteiger partial charge on any atom is 0.178 e. The Hall–Kier alpha value is -1.44. The molecular formula is C18H20N2O2S3. The zero-order chi connectivity index (χ0) is 18.0. The van der Waals surface area contributed by atoms with Gasteiger partial charge in [-0.05, 0) is 44.9 Å². The fourth-order valence-electron chi connectivity index (χ4n) is 2.58. The van der Waals surface area contributed by atoms with Crippen LogP contribution in [0.5, 0.6) is 0 Å². The highest BCUT2D eigenvalue weighted by Crippen LogP contribution is 2.35. The van der Waals surface area contributed by atoms with E-state index in [4.69, 9.17) is 0 Å². The summed E-state index contributed by atoms with van der Waals surface area (Å²) in [5, 5.41) is 2.07. The summed E-state index contributed by atoms with van der Waals surface area (Å²) in [5.41, 5.74) is 1.22. The van der Waals surface area contributed by atoms with E-state index in [9.17, 15) is 8.42 Å². The van der Waals surface area contributed by atoms with Crippen molar-refractivity contribution in [3.63, 3.8) is 0 Å². The molecule has 2 aromatic heterocycles. The molecule has 25 heavy (non-hydrogen) atoms. The Morgan fingerprint density at radius 2 is 1.80 bits per heavy atom. The normalized spacial score (nSPS) is 12.0. The summed E-state index contributed by atoms with van der Waals surface area (Å²) in [6.45, 7) is 6.09. The largest absolute Gasteiger partial charge is 0.226 e. The minimum absolute atomic E-state index is 0.152. The van der Waals surface area contributed by atoms with Gasteiger partial charge in [-0.15, -0.1) is 23.1 Å². The van der Waals surface area contributed by atoms with E-state index in [1.54, 1.807) is 47.4 Å². The van der Waals surface area contributed by atoms with Crippen LogP contribution in [0.3, 0.4) is 0 Å². The van der Waals surface area contributed by atoms with E-state index in [0.717, 1.165) is 21.1 Å². The molecule has 0 spiro atoms. The third-order valence-electron chi connectivity index (χ3n) is 4.01. The highest BCUT2D eigenvalue weighted by molar-refractivity contribution is 7.99. The van der Waals surface area contributed by atoms with Crippen LogP contribution in [0.1, 0.15) is 22.7 Å².